The molecule has 2 N–H and O–H groups in total. The Kier molecular flexibility index (Phi) is 12.7. The molecule has 2 atom stereocenters. The second kappa shape index (κ2) is 14.2. The highest BCUT2D eigenvalue weighted by molar-refractivity contribution is 5.79. The van der Waals surface area contributed by atoms with Gasteiger partial charge in [0.15, 0.2) is 5.79 Å². The van der Waals surface area contributed by atoms with Crippen LogP contribution < -0.4 is 0 Å². The van der Waals surface area contributed by atoms with Crippen LogP contribution in [0, 0.1) is 0 Å². The van der Waals surface area contributed by atoms with E-state index in [0.717, 1.165) is 32.1 Å². The van der Waals surface area contributed by atoms with Crippen LogP contribution in [0.3, 0.4) is 0 Å². The van der Waals surface area contributed by atoms with Crippen molar-refractivity contribution < 1.29 is 19.7 Å². The first kappa shape index (κ1) is 23.2. The summed E-state index contributed by atoms with van der Waals surface area (Å²) in [6.45, 7) is 2.18. The van der Waals surface area contributed by atoms with E-state index in [1.54, 1.807) is 6.08 Å². The molecule has 26 heavy (non-hydrogen) atoms. The minimum atomic E-state index is -0.850. The maximum Gasteiger partial charge on any atom is 0.327 e. The molecule has 0 aromatic carbocycles. The zero-order valence-corrected chi connectivity index (χ0v) is 16.8. The van der Waals surface area contributed by atoms with Gasteiger partial charge in [0.2, 0.25) is 0 Å². The molecule has 0 aliphatic carbocycles. The van der Waals surface area contributed by atoms with Gasteiger partial charge >= 0.3 is 5.97 Å². The Morgan fingerprint density at radius 2 is 1.50 bits per heavy atom. The topological polar surface area (TPSA) is 70.1 Å². The second-order valence-corrected chi connectivity index (χ2v) is 7.76. The fraction of sp³-hybridized carbons (Fsp3) is 0.864. The van der Waals surface area contributed by atoms with E-state index in [1.807, 2.05) is 0 Å². The number of carboxylic acid groups (broad SMARTS) is 1. The predicted molar refractivity (Wildman–Crippen MR) is 106 cm³/mol. The maximum absolute atomic E-state index is 10.3. The van der Waals surface area contributed by atoms with Crippen molar-refractivity contribution in [1.82, 2.24) is 0 Å². The highest BCUT2D eigenvalue weighted by Crippen LogP contribution is 2.41. The van der Waals surface area contributed by atoms with E-state index in [-0.39, 0.29) is 6.10 Å². The number of rotatable bonds is 18. The zero-order valence-electron chi connectivity index (χ0n) is 16.8. The molecule has 0 radical (unpaired) electrons. The van der Waals surface area contributed by atoms with Gasteiger partial charge < -0.3 is 14.9 Å². The lowest BCUT2D eigenvalue weighted by Crippen LogP contribution is -2.13. The van der Waals surface area contributed by atoms with E-state index in [1.165, 1.54) is 76.7 Å². The maximum atomic E-state index is 10.3. The average molecular weight is 369 g/mol. The smallest absolute Gasteiger partial charge is 0.327 e. The van der Waals surface area contributed by atoms with Gasteiger partial charge in [-0.25, -0.2) is 4.79 Å². The van der Waals surface area contributed by atoms with Crippen LogP contribution in [0.15, 0.2) is 12.2 Å². The van der Waals surface area contributed by atoms with Gasteiger partial charge in [-0.1, -0.05) is 83.6 Å². The predicted octanol–water partition coefficient (Wildman–Crippen LogP) is 5.98. The van der Waals surface area contributed by atoms with Crippen molar-refractivity contribution in [1.29, 1.82) is 0 Å². The standard InChI is InChI=1S/C22H40O4/c1-2-3-16-19-22(25)20(26-22)17-14-12-10-8-6-4-5-7-9-11-13-15-18-21(23)24/h15,18,20,25H,2-14,16-17,19H2,1H3,(H,23,24). The van der Waals surface area contributed by atoms with Crippen LogP contribution in [-0.4, -0.2) is 28.1 Å². The molecule has 1 heterocycles. The lowest BCUT2D eigenvalue weighted by Gasteiger charge is -2.05. The molecule has 0 aromatic rings. The van der Waals surface area contributed by atoms with Gasteiger partial charge in [0.25, 0.3) is 0 Å². The summed E-state index contributed by atoms with van der Waals surface area (Å²) in [5, 5.41) is 18.7. The third kappa shape index (κ3) is 11.7. The molecule has 1 aliphatic heterocycles. The normalized spacial score (nSPS) is 22.2. The fourth-order valence-electron chi connectivity index (χ4n) is 3.54. The molecule has 1 rings (SSSR count). The highest BCUT2D eigenvalue weighted by Gasteiger charge is 2.53. The molecular weight excluding hydrogens is 328 g/mol. The van der Waals surface area contributed by atoms with Gasteiger partial charge in [0.05, 0.1) is 0 Å². The molecule has 1 fully saturated rings. The van der Waals surface area contributed by atoms with E-state index in [4.69, 9.17) is 9.84 Å². The van der Waals surface area contributed by atoms with Crippen LogP contribution in [0.25, 0.3) is 0 Å². The number of ether oxygens (including phenoxy) is 1. The molecule has 4 nitrogen and oxygen atoms in total. The minimum Gasteiger partial charge on any atom is -0.478 e. The van der Waals surface area contributed by atoms with Crippen molar-refractivity contribution >= 4 is 5.97 Å². The number of aliphatic hydroxyl groups is 1. The van der Waals surface area contributed by atoms with Crippen LogP contribution in [0.1, 0.15) is 110 Å². The Hall–Kier alpha value is -0.870. The number of hydrogen-bond acceptors (Lipinski definition) is 3. The van der Waals surface area contributed by atoms with Crippen LogP contribution in [0.4, 0.5) is 0 Å². The number of allylic oxidation sites excluding steroid dienone is 1. The number of hydrogen-bond donors (Lipinski definition) is 2. The summed E-state index contributed by atoms with van der Waals surface area (Å²) < 4.78 is 5.49. The van der Waals surface area contributed by atoms with Crippen molar-refractivity contribution in [3.8, 4) is 0 Å². The number of aliphatic carboxylic acids is 1. The summed E-state index contributed by atoms with van der Waals surface area (Å²) in [7, 11) is 0. The molecule has 0 amide bonds. The van der Waals surface area contributed by atoms with E-state index in [0.29, 0.717) is 0 Å². The third-order valence-corrected chi connectivity index (χ3v) is 5.28. The monoisotopic (exact) mass is 368 g/mol. The summed E-state index contributed by atoms with van der Waals surface area (Å²) in [6.07, 6.45) is 21.7. The molecule has 4 heteroatoms. The van der Waals surface area contributed by atoms with Crippen LogP contribution in [0.5, 0.6) is 0 Å². The van der Waals surface area contributed by atoms with E-state index in [2.05, 4.69) is 6.92 Å². The van der Waals surface area contributed by atoms with Crippen molar-refractivity contribution in [3.05, 3.63) is 12.2 Å². The van der Waals surface area contributed by atoms with Crippen molar-refractivity contribution in [3.63, 3.8) is 0 Å². The van der Waals surface area contributed by atoms with Crippen molar-refractivity contribution in [2.24, 2.45) is 0 Å². The summed E-state index contributed by atoms with van der Waals surface area (Å²) in [5.74, 6) is -1.63. The molecule has 0 aromatic heterocycles. The first-order valence-electron chi connectivity index (χ1n) is 10.9. The zero-order chi connectivity index (χ0) is 19.1. The van der Waals surface area contributed by atoms with Gasteiger partial charge in [0, 0.05) is 12.5 Å². The number of epoxide rings is 1. The molecule has 152 valence electrons. The SMILES string of the molecule is CCCCCC1(O)OC1CCCCCCCCCCCCC=CC(=O)O. The quantitative estimate of drug-likeness (QED) is 0.177. The lowest BCUT2D eigenvalue weighted by atomic mass is 10.0. The van der Waals surface area contributed by atoms with Crippen molar-refractivity contribution in [2.75, 3.05) is 0 Å². The first-order chi connectivity index (χ1) is 12.6. The van der Waals surface area contributed by atoms with Gasteiger partial charge in [-0.2, -0.15) is 0 Å². The Morgan fingerprint density at radius 1 is 0.923 bits per heavy atom. The van der Waals surface area contributed by atoms with Crippen LogP contribution in [-0.2, 0) is 9.53 Å². The summed E-state index contributed by atoms with van der Waals surface area (Å²) in [4.78, 5) is 10.3. The molecule has 0 saturated carbocycles. The molecule has 1 aliphatic rings. The lowest BCUT2D eigenvalue weighted by molar-refractivity contribution is -0.131. The highest BCUT2D eigenvalue weighted by atomic mass is 16.7. The second-order valence-electron chi connectivity index (χ2n) is 7.76. The average Bonchev–Trinajstić information content (AvgIpc) is 3.25. The van der Waals surface area contributed by atoms with E-state index < -0.39 is 11.8 Å². The van der Waals surface area contributed by atoms with Gasteiger partial charge in [-0.15, -0.1) is 0 Å². The summed E-state index contributed by atoms with van der Waals surface area (Å²) in [5.41, 5.74) is 0. The molecule has 0 spiro atoms. The van der Waals surface area contributed by atoms with Gasteiger partial charge in [0.1, 0.15) is 6.10 Å². The van der Waals surface area contributed by atoms with Crippen LogP contribution >= 0.6 is 0 Å². The summed E-state index contributed by atoms with van der Waals surface area (Å²) >= 11 is 0. The van der Waals surface area contributed by atoms with E-state index in [9.17, 15) is 9.90 Å². The number of carbonyl (C=O) groups is 1. The largest absolute Gasteiger partial charge is 0.478 e. The number of unbranched alkanes of at least 4 members (excludes halogenated alkanes) is 12. The van der Waals surface area contributed by atoms with Crippen molar-refractivity contribution in [2.45, 2.75) is 122 Å². The fourth-order valence-corrected chi connectivity index (χ4v) is 3.54. The molecule has 2 unspecified atom stereocenters. The Morgan fingerprint density at radius 3 is 2.08 bits per heavy atom. The molecular formula is C22H40O4. The first-order valence-corrected chi connectivity index (χ1v) is 10.9. The Balaban J connectivity index is 1.77. The Bertz CT molecular complexity index is 394. The summed E-state index contributed by atoms with van der Waals surface area (Å²) in [6, 6.07) is 0. The van der Waals surface area contributed by atoms with E-state index >= 15 is 0 Å². The van der Waals surface area contributed by atoms with Gasteiger partial charge in [-0.3, -0.25) is 0 Å². The molecule has 1 saturated heterocycles. The molecule has 0 bridgehead atoms. The Labute approximate surface area is 160 Å². The third-order valence-electron chi connectivity index (χ3n) is 5.28. The van der Waals surface area contributed by atoms with Crippen LogP contribution in [0.2, 0.25) is 0 Å². The van der Waals surface area contributed by atoms with Gasteiger partial charge in [-0.05, 0) is 25.7 Å². The minimum absolute atomic E-state index is 0.102. The number of carboxylic acids is 1.